The van der Waals surface area contributed by atoms with Gasteiger partial charge in [0.25, 0.3) is 0 Å². The number of urea groups is 2. The standard InChI is InChI=1S/C27H25N5O4S/c33-26(28-21-12-6-2-7-13-21)30-23-16-17-24(31-27(34)29-22-14-8-3-9-15-22)25(18-23)32-37(35,36)19-20-10-4-1-5-11-20/h1-18,32H,19H2,(H2,28,30,33)(H2,29,31,34). The maximum Gasteiger partial charge on any atom is 0.323 e. The predicted molar refractivity (Wildman–Crippen MR) is 147 cm³/mol. The van der Waals surface area contributed by atoms with Crippen LogP contribution in [-0.4, -0.2) is 20.5 Å². The number of sulfonamides is 1. The minimum atomic E-state index is -3.85. The van der Waals surface area contributed by atoms with Gasteiger partial charge in [-0.2, -0.15) is 0 Å². The van der Waals surface area contributed by atoms with E-state index >= 15 is 0 Å². The van der Waals surface area contributed by atoms with Crippen molar-refractivity contribution in [1.29, 1.82) is 0 Å². The number of carbonyl (C=O) groups is 2. The lowest BCUT2D eigenvalue weighted by Gasteiger charge is -2.16. The largest absolute Gasteiger partial charge is 0.323 e. The van der Waals surface area contributed by atoms with E-state index in [9.17, 15) is 18.0 Å². The normalized spacial score (nSPS) is 10.7. The fourth-order valence-electron chi connectivity index (χ4n) is 3.43. The Morgan fingerprint density at radius 1 is 0.541 bits per heavy atom. The Morgan fingerprint density at radius 3 is 1.59 bits per heavy atom. The Balaban J connectivity index is 1.54. The Bertz CT molecular complexity index is 1460. The molecule has 0 bridgehead atoms. The van der Waals surface area contributed by atoms with Gasteiger partial charge in [-0.05, 0) is 48.0 Å². The molecule has 37 heavy (non-hydrogen) atoms. The van der Waals surface area contributed by atoms with Gasteiger partial charge in [0, 0.05) is 17.1 Å². The van der Waals surface area contributed by atoms with E-state index in [1.165, 1.54) is 12.1 Å². The molecule has 0 unspecified atom stereocenters. The van der Waals surface area contributed by atoms with Crippen LogP contribution in [0.15, 0.2) is 109 Å². The summed E-state index contributed by atoms with van der Waals surface area (Å²) < 4.78 is 28.4. The maximum absolute atomic E-state index is 12.9. The lowest BCUT2D eigenvalue weighted by Crippen LogP contribution is -2.22. The van der Waals surface area contributed by atoms with Crippen LogP contribution >= 0.6 is 0 Å². The van der Waals surface area contributed by atoms with Gasteiger partial charge in [0.1, 0.15) is 0 Å². The van der Waals surface area contributed by atoms with E-state index in [-0.39, 0.29) is 17.1 Å². The van der Waals surface area contributed by atoms with Gasteiger partial charge in [-0.15, -0.1) is 0 Å². The van der Waals surface area contributed by atoms with E-state index in [2.05, 4.69) is 26.0 Å². The number of benzene rings is 4. The number of carbonyl (C=O) groups excluding carboxylic acids is 2. The first-order valence-electron chi connectivity index (χ1n) is 11.3. The summed E-state index contributed by atoms with van der Waals surface area (Å²) in [7, 11) is -3.85. The van der Waals surface area contributed by atoms with Gasteiger partial charge in [-0.25, -0.2) is 18.0 Å². The van der Waals surface area contributed by atoms with Gasteiger partial charge >= 0.3 is 12.1 Å². The van der Waals surface area contributed by atoms with Crippen molar-refractivity contribution < 1.29 is 18.0 Å². The van der Waals surface area contributed by atoms with Gasteiger partial charge in [0.2, 0.25) is 10.0 Å². The monoisotopic (exact) mass is 515 g/mol. The third kappa shape index (κ3) is 7.84. The minimum absolute atomic E-state index is 0.0941. The van der Waals surface area contributed by atoms with Crippen molar-refractivity contribution >= 4 is 50.5 Å². The van der Waals surface area contributed by atoms with Crippen molar-refractivity contribution in [2.75, 3.05) is 26.0 Å². The van der Waals surface area contributed by atoms with Crippen molar-refractivity contribution in [3.63, 3.8) is 0 Å². The summed E-state index contributed by atoms with van der Waals surface area (Å²) in [6.45, 7) is 0. The van der Waals surface area contributed by atoms with Crippen molar-refractivity contribution in [2.45, 2.75) is 5.75 Å². The number of amides is 4. The molecule has 0 spiro atoms. The molecule has 0 atom stereocenters. The number of hydrogen-bond acceptors (Lipinski definition) is 4. The summed E-state index contributed by atoms with van der Waals surface area (Å²) >= 11 is 0. The second kappa shape index (κ2) is 11.7. The van der Waals surface area contributed by atoms with Crippen molar-refractivity contribution in [3.05, 3.63) is 115 Å². The van der Waals surface area contributed by atoms with E-state index in [0.717, 1.165) is 0 Å². The third-order valence-corrected chi connectivity index (χ3v) is 6.30. The summed E-state index contributed by atoms with van der Waals surface area (Å²) in [6, 6.07) is 29.8. The van der Waals surface area contributed by atoms with E-state index in [1.807, 2.05) is 12.1 Å². The number of para-hydroxylation sites is 2. The highest BCUT2D eigenvalue weighted by Gasteiger charge is 2.17. The molecule has 0 saturated carbocycles. The van der Waals surface area contributed by atoms with E-state index < -0.39 is 22.1 Å². The maximum atomic E-state index is 12.9. The predicted octanol–water partition coefficient (Wildman–Crippen LogP) is 5.92. The first-order chi connectivity index (χ1) is 17.9. The van der Waals surface area contributed by atoms with Crippen molar-refractivity contribution in [1.82, 2.24) is 0 Å². The van der Waals surface area contributed by atoms with E-state index in [1.54, 1.807) is 84.9 Å². The summed E-state index contributed by atoms with van der Waals surface area (Å²) in [5.41, 5.74) is 2.39. The Kier molecular flexibility index (Phi) is 8.01. The van der Waals surface area contributed by atoms with Crippen LogP contribution in [0.4, 0.5) is 38.0 Å². The summed E-state index contributed by atoms with van der Waals surface area (Å²) in [5.74, 6) is -0.268. The fourth-order valence-corrected chi connectivity index (χ4v) is 4.64. The SMILES string of the molecule is O=C(Nc1ccccc1)Nc1ccc(NC(=O)Nc2ccccc2)c(NS(=O)(=O)Cc2ccccc2)c1. The Hall–Kier alpha value is -4.83. The smallest absolute Gasteiger partial charge is 0.308 e. The quantitative estimate of drug-likeness (QED) is 0.200. The van der Waals surface area contributed by atoms with E-state index in [0.29, 0.717) is 22.6 Å². The van der Waals surface area contributed by atoms with Crippen molar-refractivity contribution in [3.8, 4) is 0 Å². The molecule has 0 heterocycles. The number of nitrogens with one attached hydrogen (secondary N) is 5. The second-order valence-electron chi connectivity index (χ2n) is 8.00. The van der Waals surface area contributed by atoms with Gasteiger partial charge in [-0.3, -0.25) is 4.72 Å². The molecule has 9 nitrogen and oxygen atoms in total. The molecule has 4 aromatic carbocycles. The highest BCUT2D eigenvalue weighted by molar-refractivity contribution is 7.91. The van der Waals surface area contributed by atoms with Crippen LogP contribution in [-0.2, 0) is 15.8 Å². The van der Waals surface area contributed by atoms with Crippen LogP contribution in [0.25, 0.3) is 0 Å². The highest BCUT2D eigenvalue weighted by atomic mass is 32.2. The number of anilines is 5. The molecule has 188 valence electrons. The first-order valence-corrected chi connectivity index (χ1v) is 13.0. The molecule has 10 heteroatoms. The second-order valence-corrected chi connectivity index (χ2v) is 9.72. The molecule has 0 radical (unpaired) electrons. The molecule has 0 aliphatic heterocycles. The van der Waals surface area contributed by atoms with Crippen LogP contribution in [0.3, 0.4) is 0 Å². The van der Waals surface area contributed by atoms with Gasteiger partial charge in [0.05, 0.1) is 17.1 Å². The lowest BCUT2D eigenvalue weighted by atomic mass is 10.2. The zero-order valence-electron chi connectivity index (χ0n) is 19.6. The molecular weight excluding hydrogens is 490 g/mol. The van der Waals surface area contributed by atoms with Crippen LogP contribution in [0.2, 0.25) is 0 Å². The van der Waals surface area contributed by atoms with Gasteiger partial charge < -0.3 is 21.3 Å². The zero-order valence-corrected chi connectivity index (χ0v) is 20.5. The van der Waals surface area contributed by atoms with Crippen molar-refractivity contribution in [2.24, 2.45) is 0 Å². The minimum Gasteiger partial charge on any atom is -0.308 e. The van der Waals surface area contributed by atoms with E-state index in [4.69, 9.17) is 0 Å². The molecule has 4 rings (SSSR count). The molecule has 0 aliphatic carbocycles. The summed E-state index contributed by atoms with van der Waals surface area (Å²) in [5, 5.41) is 10.7. The molecular formula is C27H25N5O4S. The molecule has 0 fully saturated rings. The van der Waals surface area contributed by atoms with Crippen LogP contribution in [0, 0.1) is 0 Å². The number of rotatable bonds is 8. The molecule has 5 N–H and O–H groups in total. The number of hydrogen-bond donors (Lipinski definition) is 5. The third-order valence-electron chi connectivity index (χ3n) is 5.05. The summed E-state index contributed by atoms with van der Waals surface area (Å²) in [4.78, 5) is 25.0. The lowest BCUT2D eigenvalue weighted by molar-refractivity contribution is 0.261. The molecule has 0 aromatic heterocycles. The molecule has 4 aromatic rings. The van der Waals surface area contributed by atoms with Gasteiger partial charge in [0.15, 0.2) is 0 Å². The molecule has 0 aliphatic rings. The topological polar surface area (TPSA) is 128 Å². The average molecular weight is 516 g/mol. The summed E-state index contributed by atoms with van der Waals surface area (Å²) in [6.07, 6.45) is 0. The first kappa shape index (κ1) is 25.3. The molecule has 0 saturated heterocycles. The van der Waals surface area contributed by atoms with Crippen LogP contribution in [0.1, 0.15) is 5.56 Å². The van der Waals surface area contributed by atoms with Crippen LogP contribution < -0.4 is 26.0 Å². The Labute approximate surface area is 215 Å². The highest BCUT2D eigenvalue weighted by Crippen LogP contribution is 2.28. The Morgan fingerprint density at radius 2 is 1.03 bits per heavy atom. The zero-order chi connectivity index (χ0) is 26.1. The fraction of sp³-hybridized carbons (Fsp3) is 0.0370. The van der Waals surface area contributed by atoms with Crippen LogP contribution in [0.5, 0.6) is 0 Å². The van der Waals surface area contributed by atoms with Gasteiger partial charge in [-0.1, -0.05) is 66.7 Å². The average Bonchev–Trinajstić information content (AvgIpc) is 2.87. The molecule has 4 amide bonds.